The average Bonchev–Trinajstić information content (AvgIpc) is 3.56. The minimum atomic E-state index is -1.39. The summed E-state index contributed by atoms with van der Waals surface area (Å²) in [6, 6.07) is -6.00. The second kappa shape index (κ2) is 21.5. The minimum absolute atomic E-state index is 0.122. The van der Waals surface area contributed by atoms with Crippen LogP contribution in [0, 0.1) is 17.3 Å². The van der Waals surface area contributed by atoms with Crippen molar-refractivity contribution in [3.05, 3.63) is 0 Å². The molecule has 1 saturated heterocycles. The van der Waals surface area contributed by atoms with E-state index in [0.717, 1.165) is 63.2 Å². The number of hydrogen-bond donors (Lipinski definition) is 6. The standard InChI is InChI=1S/C41H67N7O11/c1-23(49)58-29(36(54)43-8)20-19-27(44-39(57)59-41(5,6)7)34(52)47-32(40(2,3)4)38(56)48-22-26(50)21-28(48)35(53)46-31(25-17-13-10-14-18-25)37(55)45-30(33(42)51)24-15-11-9-12-16-24/h24-25,27-32H,9-22H2,1-8H3,(H2,42,51)(H,43,54)(H,44,57)(H,45,55)(H,46,53)(H,47,52)/t27-,28-,29?,30-,31-,32+/m0/s1. The van der Waals surface area contributed by atoms with Gasteiger partial charge in [0.2, 0.25) is 29.5 Å². The van der Waals surface area contributed by atoms with Crippen LogP contribution in [0.5, 0.6) is 0 Å². The Hall–Kier alpha value is -4.77. The summed E-state index contributed by atoms with van der Waals surface area (Å²) in [6.45, 7) is 10.6. The van der Waals surface area contributed by atoms with Gasteiger partial charge in [0.25, 0.3) is 5.91 Å². The van der Waals surface area contributed by atoms with Crippen LogP contribution in [0.1, 0.15) is 132 Å². The first-order valence-electron chi connectivity index (χ1n) is 20.9. The van der Waals surface area contributed by atoms with Crippen molar-refractivity contribution in [2.45, 2.75) is 174 Å². The Morgan fingerprint density at radius 3 is 1.80 bits per heavy atom. The van der Waals surface area contributed by atoms with Crippen molar-refractivity contribution in [1.82, 2.24) is 31.5 Å². The zero-order chi connectivity index (χ0) is 44.2. The number of esters is 1. The molecule has 7 N–H and O–H groups in total. The Morgan fingerprint density at radius 1 is 0.746 bits per heavy atom. The van der Waals surface area contributed by atoms with E-state index in [4.69, 9.17) is 15.2 Å². The van der Waals surface area contributed by atoms with Crippen LogP contribution in [0.2, 0.25) is 0 Å². The Labute approximate surface area is 347 Å². The van der Waals surface area contributed by atoms with E-state index in [9.17, 15) is 43.2 Å². The van der Waals surface area contributed by atoms with Gasteiger partial charge >= 0.3 is 12.1 Å². The van der Waals surface area contributed by atoms with Crippen LogP contribution >= 0.6 is 0 Å². The van der Waals surface area contributed by atoms with Crippen molar-refractivity contribution in [2.24, 2.45) is 23.0 Å². The van der Waals surface area contributed by atoms with Crippen LogP contribution in [0.25, 0.3) is 0 Å². The fraction of sp³-hybridized carbons (Fsp3) is 0.780. The molecule has 2 saturated carbocycles. The van der Waals surface area contributed by atoms with E-state index in [0.29, 0.717) is 12.8 Å². The van der Waals surface area contributed by atoms with Gasteiger partial charge in [0, 0.05) is 20.4 Å². The van der Waals surface area contributed by atoms with E-state index < -0.39 is 107 Å². The highest BCUT2D eigenvalue weighted by Gasteiger charge is 2.46. The number of nitrogens with two attached hydrogens (primary N) is 1. The molecule has 0 aromatic carbocycles. The zero-order valence-electron chi connectivity index (χ0n) is 36.0. The number of ether oxygens (including phenoxy) is 2. The first kappa shape index (κ1) is 48.6. The van der Waals surface area contributed by atoms with Crippen molar-refractivity contribution in [2.75, 3.05) is 13.6 Å². The van der Waals surface area contributed by atoms with Gasteiger partial charge in [0.1, 0.15) is 35.8 Å². The number of likely N-dealkylation sites (tertiary alicyclic amines) is 1. The monoisotopic (exact) mass is 833 g/mol. The van der Waals surface area contributed by atoms with E-state index >= 15 is 0 Å². The van der Waals surface area contributed by atoms with Gasteiger partial charge in [-0.05, 0) is 76.5 Å². The molecule has 2 aliphatic carbocycles. The van der Waals surface area contributed by atoms with E-state index in [-0.39, 0.29) is 31.1 Å². The van der Waals surface area contributed by atoms with Crippen molar-refractivity contribution < 1.29 is 52.6 Å². The molecule has 0 radical (unpaired) electrons. The van der Waals surface area contributed by atoms with E-state index in [1.165, 1.54) is 7.05 Å². The number of alkyl carbamates (subject to hydrolysis) is 1. The Morgan fingerprint density at radius 2 is 1.31 bits per heavy atom. The van der Waals surface area contributed by atoms with Crippen molar-refractivity contribution in [3.8, 4) is 0 Å². The van der Waals surface area contributed by atoms with Crippen LogP contribution in [0.3, 0.4) is 0 Å². The number of amides is 7. The molecular weight excluding hydrogens is 766 g/mol. The largest absolute Gasteiger partial charge is 0.452 e. The number of rotatable bonds is 16. The maximum atomic E-state index is 14.5. The minimum Gasteiger partial charge on any atom is -0.452 e. The number of nitrogens with zero attached hydrogens (tertiary/aromatic N) is 1. The molecule has 3 aliphatic rings. The van der Waals surface area contributed by atoms with Crippen LogP contribution in [-0.2, 0) is 47.8 Å². The summed E-state index contributed by atoms with van der Waals surface area (Å²) in [7, 11) is 1.35. The molecule has 1 unspecified atom stereocenters. The third-order valence-electron chi connectivity index (χ3n) is 11.1. The molecule has 0 bridgehead atoms. The van der Waals surface area contributed by atoms with Gasteiger partial charge in [-0.25, -0.2) is 4.79 Å². The number of ketones is 1. The summed E-state index contributed by atoms with van der Waals surface area (Å²) in [6.07, 6.45) is 5.29. The van der Waals surface area contributed by atoms with Gasteiger partial charge in [-0.3, -0.25) is 38.4 Å². The summed E-state index contributed by atoms with van der Waals surface area (Å²) >= 11 is 0. The molecule has 59 heavy (non-hydrogen) atoms. The SMILES string of the molecule is CNC(=O)C(CC[C@H](NC(=O)OC(C)(C)C)C(=O)N[C@H](C(=O)N1CC(=O)C[C@H]1C(=O)N[C@H](C(=O)N[C@H](C(N)=O)C1CCCCC1)C1CCCCC1)C(C)(C)C)OC(C)=O. The lowest BCUT2D eigenvalue weighted by Crippen LogP contribution is -2.62. The quantitative estimate of drug-likeness (QED) is 0.122. The summed E-state index contributed by atoms with van der Waals surface area (Å²) < 4.78 is 10.5. The molecule has 0 aromatic heterocycles. The fourth-order valence-electron chi connectivity index (χ4n) is 8.10. The predicted octanol–water partition coefficient (Wildman–Crippen LogP) is 1.65. The van der Waals surface area contributed by atoms with E-state index in [2.05, 4.69) is 26.6 Å². The second-order valence-electron chi connectivity index (χ2n) is 18.2. The number of nitrogens with one attached hydrogen (secondary N) is 5. The predicted molar refractivity (Wildman–Crippen MR) is 215 cm³/mol. The number of carbonyl (C=O) groups is 9. The lowest BCUT2D eigenvalue weighted by Gasteiger charge is -2.37. The van der Waals surface area contributed by atoms with E-state index in [1.54, 1.807) is 41.5 Å². The molecule has 0 spiro atoms. The second-order valence-corrected chi connectivity index (χ2v) is 18.2. The van der Waals surface area contributed by atoms with Crippen LogP contribution in [-0.4, -0.2) is 114 Å². The number of primary amides is 1. The third-order valence-corrected chi connectivity index (χ3v) is 11.1. The van der Waals surface area contributed by atoms with Gasteiger partial charge in [-0.2, -0.15) is 0 Å². The molecule has 3 fully saturated rings. The van der Waals surface area contributed by atoms with Crippen molar-refractivity contribution in [3.63, 3.8) is 0 Å². The number of likely N-dealkylation sites (N-methyl/N-ethyl adjacent to an activating group) is 1. The zero-order valence-corrected chi connectivity index (χ0v) is 36.0. The van der Waals surface area contributed by atoms with Crippen LogP contribution in [0.15, 0.2) is 0 Å². The van der Waals surface area contributed by atoms with E-state index in [1.807, 2.05) is 0 Å². The molecule has 1 heterocycles. The molecule has 7 amide bonds. The molecule has 332 valence electrons. The molecule has 1 aliphatic heterocycles. The summed E-state index contributed by atoms with van der Waals surface area (Å²) in [4.78, 5) is 120. The molecule has 3 rings (SSSR count). The lowest BCUT2D eigenvalue weighted by atomic mass is 9.81. The van der Waals surface area contributed by atoms with Crippen LogP contribution < -0.4 is 32.3 Å². The van der Waals surface area contributed by atoms with Crippen molar-refractivity contribution >= 4 is 53.3 Å². The maximum absolute atomic E-state index is 14.5. The highest BCUT2D eigenvalue weighted by Crippen LogP contribution is 2.30. The summed E-state index contributed by atoms with van der Waals surface area (Å²) in [5, 5.41) is 13.3. The highest BCUT2D eigenvalue weighted by molar-refractivity contribution is 6.02. The van der Waals surface area contributed by atoms with Crippen molar-refractivity contribution in [1.29, 1.82) is 0 Å². The van der Waals surface area contributed by atoms with Gasteiger partial charge in [-0.1, -0.05) is 59.3 Å². The maximum Gasteiger partial charge on any atom is 0.408 e. The Bertz CT molecular complexity index is 1560. The number of hydrogen-bond acceptors (Lipinski definition) is 11. The van der Waals surface area contributed by atoms with Gasteiger partial charge in [-0.15, -0.1) is 0 Å². The molecule has 18 heteroatoms. The van der Waals surface area contributed by atoms with Crippen LogP contribution in [0.4, 0.5) is 4.79 Å². The first-order valence-corrected chi connectivity index (χ1v) is 20.9. The fourth-order valence-corrected chi connectivity index (χ4v) is 8.10. The average molecular weight is 834 g/mol. The molecule has 6 atom stereocenters. The lowest BCUT2D eigenvalue weighted by molar-refractivity contribution is -0.154. The Balaban J connectivity index is 1.88. The number of Topliss-reactive ketones (excluding diaryl/α,β-unsaturated/α-hetero) is 1. The highest BCUT2D eigenvalue weighted by atomic mass is 16.6. The molecular formula is C41H67N7O11. The third kappa shape index (κ3) is 14.8. The number of carbonyl (C=O) groups excluding carboxylic acids is 9. The molecule has 18 nitrogen and oxygen atoms in total. The first-order chi connectivity index (χ1) is 27.5. The smallest absolute Gasteiger partial charge is 0.408 e. The summed E-state index contributed by atoms with van der Waals surface area (Å²) in [5.41, 5.74) is 3.83. The van der Waals surface area contributed by atoms with Gasteiger partial charge in [0.15, 0.2) is 11.9 Å². The molecule has 0 aromatic rings. The Kier molecular flexibility index (Phi) is 17.7. The summed E-state index contributed by atoms with van der Waals surface area (Å²) in [5.74, 6) is -5.67. The van der Waals surface area contributed by atoms with Gasteiger partial charge < -0.3 is 46.7 Å². The normalized spacial score (nSPS) is 20.5. The topological polar surface area (TPSA) is 262 Å². The van der Waals surface area contributed by atoms with Gasteiger partial charge in [0.05, 0.1) is 6.54 Å².